The third kappa shape index (κ3) is 5.27. The van der Waals surface area contributed by atoms with Crippen LogP contribution in [0.5, 0.6) is 11.5 Å². The van der Waals surface area contributed by atoms with E-state index in [1.54, 1.807) is 13.2 Å². The van der Waals surface area contributed by atoms with Crippen molar-refractivity contribution >= 4 is 5.91 Å². The maximum Gasteiger partial charge on any atom is 0.258 e. The Balaban J connectivity index is 2.64. The minimum Gasteiger partial charge on any atom is -0.493 e. The summed E-state index contributed by atoms with van der Waals surface area (Å²) in [6.07, 6.45) is 1.82. The Kier molecular flexibility index (Phi) is 7.02. The Hall–Kier alpha value is -1.75. The molecule has 1 atom stereocenters. The summed E-state index contributed by atoms with van der Waals surface area (Å²) >= 11 is 0. The maximum absolute atomic E-state index is 11.8. The van der Waals surface area contributed by atoms with Gasteiger partial charge in [-0.15, -0.1) is 0 Å². The van der Waals surface area contributed by atoms with Crippen molar-refractivity contribution in [2.45, 2.75) is 45.7 Å². The average Bonchev–Trinajstić information content (AvgIpc) is 2.50. The number of hydrogen-bond acceptors (Lipinski definition) is 4. The van der Waals surface area contributed by atoms with Gasteiger partial charge in [0.1, 0.15) is 0 Å². The first kappa shape index (κ1) is 17.3. The zero-order chi connectivity index (χ0) is 15.8. The number of carbonyl (C=O) groups is 1. The number of rotatable bonds is 8. The molecule has 118 valence electrons. The van der Waals surface area contributed by atoms with E-state index in [-0.39, 0.29) is 24.6 Å². The van der Waals surface area contributed by atoms with Gasteiger partial charge in [-0.25, -0.2) is 0 Å². The number of benzene rings is 1. The molecule has 1 aromatic carbocycles. The smallest absolute Gasteiger partial charge is 0.258 e. The second-order valence-corrected chi connectivity index (χ2v) is 5.07. The molecule has 1 rings (SSSR count). The van der Waals surface area contributed by atoms with Gasteiger partial charge in [-0.05, 0) is 37.5 Å². The highest BCUT2D eigenvalue weighted by molar-refractivity contribution is 5.77. The second-order valence-electron chi connectivity index (χ2n) is 5.07. The molecule has 0 radical (unpaired) electrons. The van der Waals surface area contributed by atoms with Crippen LogP contribution in [-0.2, 0) is 4.79 Å². The van der Waals surface area contributed by atoms with E-state index in [4.69, 9.17) is 15.2 Å². The molecule has 21 heavy (non-hydrogen) atoms. The van der Waals surface area contributed by atoms with Crippen LogP contribution in [0.15, 0.2) is 18.2 Å². The van der Waals surface area contributed by atoms with Crippen LogP contribution >= 0.6 is 0 Å². The van der Waals surface area contributed by atoms with Gasteiger partial charge in [0.25, 0.3) is 5.91 Å². The highest BCUT2D eigenvalue weighted by Gasteiger charge is 2.12. The van der Waals surface area contributed by atoms with Gasteiger partial charge in [-0.2, -0.15) is 0 Å². The Morgan fingerprint density at radius 1 is 1.29 bits per heavy atom. The molecule has 0 fully saturated rings. The molecule has 1 aromatic rings. The van der Waals surface area contributed by atoms with E-state index in [1.165, 1.54) is 0 Å². The van der Waals surface area contributed by atoms with Crippen LogP contribution in [0.2, 0.25) is 0 Å². The van der Waals surface area contributed by atoms with Crippen LogP contribution in [0.3, 0.4) is 0 Å². The summed E-state index contributed by atoms with van der Waals surface area (Å²) in [5, 5.41) is 2.93. The van der Waals surface area contributed by atoms with Crippen molar-refractivity contribution in [1.82, 2.24) is 5.32 Å². The first-order valence-corrected chi connectivity index (χ1v) is 7.37. The molecule has 0 aliphatic heterocycles. The molecule has 1 unspecified atom stereocenters. The number of nitrogens with two attached hydrogens (primary N) is 1. The van der Waals surface area contributed by atoms with Gasteiger partial charge in [0.15, 0.2) is 18.1 Å². The lowest BCUT2D eigenvalue weighted by molar-refractivity contribution is -0.123. The summed E-state index contributed by atoms with van der Waals surface area (Å²) in [7, 11) is 1.57. The van der Waals surface area contributed by atoms with E-state index in [9.17, 15) is 4.79 Å². The monoisotopic (exact) mass is 294 g/mol. The minimum atomic E-state index is -0.123. The van der Waals surface area contributed by atoms with Gasteiger partial charge in [-0.3, -0.25) is 4.79 Å². The maximum atomic E-state index is 11.8. The molecule has 1 amide bonds. The lowest BCUT2D eigenvalue weighted by Gasteiger charge is -2.16. The van der Waals surface area contributed by atoms with Crippen molar-refractivity contribution in [2.75, 3.05) is 13.7 Å². The van der Waals surface area contributed by atoms with E-state index in [1.807, 2.05) is 32.9 Å². The average molecular weight is 294 g/mol. The van der Waals surface area contributed by atoms with Crippen molar-refractivity contribution in [3.05, 3.63) is 23.8 Å². The summed E-state index contributed by atoms with van der Waals surface area (Å²) < 4.78 is 10.8. The van der Waals surface area contributed by atoms with Crippen molar-refractivity contribution in [1.29, 1.82) is 0 Å². The molecular weight excluding hydrogens is 268 g/mol. The summed E-state index contributed by atoms with van der Waals surface area (Å²) in [6, 6.07) is 5.61. The number of methoxy groups -OCH3 is 1. The van der Waals surface area contributed by atoms with Crippen LogP contribution < -0.4 is 20.5 Å². The number of carbonyl (C=O) groups excluding carboxylic acids is 1. The number of amides is 1. The molecule has 0 aliphatic rings. The highest BCUT2D eigenvalue weighted by atomic mass is 16.5. The third-order valence-corrected chi connectivity index (χ3v) is 3.42. The summed E-state index contributed by atoms with van der Waals surface area (Å²) in [4.78, 5) is 11.8. The van der Waals surface area contributed by atoms with E-state index in [2.05, 4.69) is 5.32 Å². The molecular formula is C16H26N2O3. The van der Waals surface area contributed by atoms with Gasteiger partial charge < -0.3 is 20.5 Å². The minimum absolute atomic E-state index is 0.0234. The molecule has 3 N–H and O–H groups in total. The van der Waals surface area contributed by atoms with Gasteiger partial charge in [-0.1, -0.05) is 19.9 Å². The Morgan fingerprint density at radius 2 is 1.95 bits per heavy atom. The fraction of sp³-hybridized carbons (Fsp3) is 0.562. The number of nitrogens with one attached hydrogen (secondary N) is 1. The SMILES string of the molecule is CCC(CC)NC(=O)COc1ccc(C(C)N)cc1OC. The molecule has 0 aliphatic carbocycles. The lowest BCUT2D eigenvalue weighted by Crippen LogP contribution is -2.37. The van der Waals surface area contributed by atoms with Crippen LogP contribution in [0.25, 0.3) is 0 Å². The van der Waals surface area contributed by atoms with Crippen LogP contribution in [0, 0.1) is 0 Å². The third-order valence-electron chi connectivity index (χ3n) is 3.42. The molecule has 5 heteroatoms. The lowest BCUT2D eigenvalue weighted by atomic mass is 10.1. The normalized spacial score (nSPS) is 12.1. The summed E-state index contributed by atoms with van der Waals surface area (Å²) in [6.45, 7) is 5.97. The van der Waals surface area contributed by atoms with E-state index in [0.717, 1.165) is 18.4 Å². The predicted molar refractivity (Wildman–Crippen MR) is 83.6 cm³/mol. The zero-order valence-electron chi connectivity index (χ0n) is 13.3. The van der Waals surface area contributed by atoms with E-state index >= 15 is 0 Å². The molecule has 0 spiro atoms. The Bertz CT molecular complexity index is 457. The first-order valence-electron chi connectivity index (χ1n) is 7.37. The van der Waals surface area contributed by atoms with Crippen LogP contribution in [0.1, 0.15) is 45.2 Å². The van der Waals surface area contributed by atoms with Gasteiger partial charge in [0.05, 0.1) is 7.11 Å². The Labute approximate surface area is 126 Å². The van der Waals surface area contributed by atoms with Crippen molar-refractivity contribution < 1.29 is 14.3 Å². The van der Waals surface area contributed by atoms with Crippen molar-refractivity contribution in [3.8, 4) is 11.5 Å². The van der Waals surface area contributed by atoms with E-state index in [0.29, 0.717) is 11.5 Å². The van der Waals surface area contributed by atoms with Gasteiger partial charge >= 0.3 is 0 Å². The molecule has 5 nitrogen and oxygen atoms in total. The summed E-state index contributed by atoms with van der Waals surface area (Å²) in [5.74, 6) is 1.00. The van der Waals surface area contributed by atoms with Gasteiger partial charge in [0, 0.05) is 12.1 Å². The molecule has 0 saturated heterocycles. The largest absolute Gasteiger partial charge is 0.493 e. The Morgan fingerprint density at radius 3 is 2.48 bits per heavy atom. The fourth-order valence-corrected chi connectivity index (χ4v) is 1.99. The molecule has 0 aromatic heterocycles. The van der Waals surface area contributed by atoms with Crippen molar-refractivity contribution in [2.24, 2.45) is 5.73 Å². The number of ether oxygens (including phenoxy) is 2. The summed E-state index contributed by atoms with van der Waals surface area (Å²) in [5.41, 5.74) is 6.79. The van der Waals surface area contributed by atoms with Crippen LogP contribution in [0.4, 0.5) is 0 Å². The number of hydrogen-bond donors (Lipinski definition) is 2. The quantitative estimate of drug-likeness (QED) is 0.772. The topological polar surface area (TPSA) is 73.6 Å². The van der Waals surface area contributed by atoms with Crippen molar-refractivity contribution in [3.63, 3.8) is 0 Å². The second kappa shape index (κ2) is 8.52. The standard InChI is InChI=1S/C16H26N2O3/c1-5-13(6-2)18-16(19)10-21-14-8-7-12(11(3)17)9-15(14)20-4/h7-9,11,13H,5-6,10,17H2,1-4H3,(H,18,19). The first-order chi connectivity index (χ1) is 10.0. The molecule has 0 bridgehead atoms. The van der Waals surface area contributed by atoms with Gasteiger partial charge in [0.2, 0.25) is 0 Å². The zero-order valence-corrected chi connectivity index (χ0v) is 13.3. The molecule has 0 heterocycles. The predicted octanol–water partition coefficient (Wildman–Crippen LogP) is 2.40. The fourth-order valence-electron chi connectivity index (χ4n) is 1.99. The highest BCUT2D eigenvalue weighted by Crippen LogP contribution is 2.29. The van der Waals surface area contributed by atoms with E-state index < -0.39 is 0 Å². The van der Waals surface area contributed by atoms with Crippen LogP contribution in [-0.4, -0.2) is 25.7 Å². The molecule has 0 saturated carbocycles.